The molecule has 4 rings (SSSR count). The maximum absolute atomic E-state index is 11.4. The van der Waals surface area contributed by atoms with Crippen LogP contribution in [0.4, 0.5) is 17.5 Å². The molecule has 2 heterocycles. The highest BCUT2D eigenvalue weighted by atomic mass is 32.2. The molecular weight excluding hydrogens is 390 g/mol. The van der Waals surface area contributed by atoms with Crippen LogP contribution in [0.1, 0.15) is 5.56 Å². The second-order valence-corrected chi connectivity index (χ2v) is 8.02. The fourth-order valence-electron chi connectivity index (χ4n) is 2.82. The van der Waals surface area contributed by atoms with Gasteiger partial charge in [0.05, 0.1) is 11.2 Å². The molecule has 2 aromatic heterocycles. The molecule has 0 amide bonds. The average Bonchev–Trinajstić information content (AvgIpc) is 3.08. The van der Waals surface area contributed by atoms with Crippen molar-refractivity contribution in [3.63, 3.8) is 0 Å². The van der Waals surface area contributed by atoms with Crippen molar-refractivity contribution in [2.45, 2.75) is 11.4 Å². The molecule has 9 nitrogen and oxygen atoms in total. The van der Waals surface area contributed by atoms with Gasteiger partial charge in [-0.05, 0) is 29.8 Å². The zero-order valence-corrected chi connectivity index (χ0v) is 16.4. The number of hydrogen-bond donors (Lipinski definition) is 3. The molecule has 2 aromatic carbocycles. The molecule has 4 aromatic rings. The Morgan fingerprint density at radius 3 is 2.45 bits per heavy atom. The summed E-state index contributed by atoms with van der Waals surface area (Å²) in [4.78, 5) is 13.5. The Balaban J connectivity index is 1.63. The Hall–Kier alpha value is -3.50. The molecular formula is C19H19N7O2S. The molecule has 0 fully saturated rings. The van der Waals surface area contributed by atoms with E-state index in [-0.39, 0.29) is 4.90 Å². The molecule has 0 unspecified atom stereocenters. The highest BCUT2D eigenvalue weighted by molar-refractivity contribution is 7.89. The molecule has 0 bridgehead atoms. The minimum atomic E-state index is -3.74. The van der Waals surface area contributed by atoms with Gasteiger partial charge >= 0.3 is 0 Å². The minimum absolute atomic E-state index is 0.0382. The van der Waals surface area contributed by atoms with Gasteiger partial charge in [0, 0.05) is 19.3 Å². The molecule has 0 aliphatic carbocycles. The molecule has 0 saturated carbocycles. The van der Waals surface area contributed by atoms with E-state index < -0.39 is 10.0 Å². The Bertz CT molecular complexity index is 1250. The predicted octanol–water partition coefficient (Wildman–Crippen LogP) is 2.37. The summed E-state index contributed by atoms with van der Waals surface area (Å²) in [5, 5.41) is 11.5. The van der Waals surface area contributed by atoms with E-state index in [1.165, 1.54) is 12.1 Å². The van der Waals surface area contributed by atoms with Crippen LogP contribution in [0, 0.1) is 0 Å². The summed E-state index contributed by atoms with van der Waals surface area (Å²) in [6, 6.07) is 16.0. The van der Waals surface area contributed by atoms with E-state index in [4.69, 9.17) is 5.14 Å². The van der Waals surface area contributed by atoms with E-state index in [1.807, 2.05) is 37.4 Å². The van der Waals surface area contributed by atoms with E-state index in [0.29, 0.717) is 35.2 Å². The number of sulfonamides is 1. The highest BCUT2D eigenvalue weighted by Crippen LogP contribution is 2.23. The average molecular weight is 409 g/mol. The van der Waals surface area contributed by atoms with Crippen LogP contribution in [-0.2, 0) is 23.6 Å². The maximum Gasteiger partial charge on any atom is 0.238 e. The number of anilines is 3. The van der Waals surface area contributed by atoms with E-state index in [1.54, 1.807) is 23.0 Å². The molecule has 10 heteroatoms. The first-order valence-corrected chi connectivity index (χ1v) is 10.3. The van der Waals surface area contributed by atoms with Crippen molar-refractivity contribution >= 4 is 38.6 Å². The first-order valence-electron chi connectivity index (χ1n) is 8.77. The lowest BCUT2D eigenvalue weighted by molar-refractivity contribution is 0.598. The molecule has 0 aliphatic heterocycles. The fourth-order valence-corrected chi connectivity index (χ4v) is 3.34. The van der Waals surface area contributed by atoms with E-state index >= 15 is 0 Å². The third kappa shape index (κ3) is 4.18. The third-order valence-corrected chi connectivity index (χ3v) is 5.23. The third-order valence-electron chi connectivity index (χ3n) is 4.30. The molecule has 29 heavy (non-hydrogen) atoms. The number of imidazole rings is 1. The first kappa shape index (κ1) is 18.8. The summed E-state index contributed by atoms with van der Waals surface area (Å²) >= 11 is 0. The van der Waals surface area contributed by atoms with Gasteiger partial charge in [-0.3, -0.25) is 0 Å². The van der Waals surface area contributed by atoms with Crippen LogP contribution in [0.5, 0.6) is 0 Å². The van der Waals surface area contributed by atoms with Gasteiger partial charge in [-0.2, -0.15) is 9.97 Å². The van der Waals surface area contributed by atoms with Gasteiger partial charge in [0.25, 0.3) is 0 Å². The summed E-state index contributed by atoms with van der Waals surface area (Å²) in [5.74, 6) is 0.961. The molecule has 0 atom stereocenters. The lowest BCUT2D eigenvalue weighted by atomic mass is 10.2. The van der Waals surface area contributed by atoms with Gasteiger partial charge in [-0.25, -0.2) is 18.5 Å². The van der Waals surface area contributed by atoms with E-state index in [0.717, 1.165) is 5.56 Å². The van der Waals surface area contributed by atoms with Gasteiger partial charge in [-0.1, -0.05) is 30.3 Å². The summed E-state index contributed by atoms with van der Waals surface area (Å²) in [5.41, 5.74) is 3.08. The van der Waals surface area contributed by atoms with E-state index in [2.05, 4.69) is 25.6 Å². The van der Waals surface area contributed by atoms with Crippen molar-refractivity contribution in [2.24, 2.45) is 12.2 Å². The topological polar surface area (TPSA) is 128 Å². The van der Waals surface area contributed by atoms with Crippen LogP contribution in [0.15, 0.2) is 65.8 Å². The minimum Gasteiger partial charge on any atom is -0.364 e. The Morgan fingerprint density at radius 1 is 1.03 bits per heavy atom. The van der Waals surface area contributed by atoms with Gasteiger partial charge in [0.2, 0.25) is 16.0 Å². The van der Waals surface area contributed by atoms with Gasteiger partial charge in [0.15, 0.2) is 17.0 Å². The summed E-state index contributed by atoms with van der Waals surface area (Å²) in [6.07, 6.45) is 1.68. The van der Waals surface area contributed by atoms with Crippen molar-refractivity contribution < 1.29 is 8.42 Å². The molecule has 4 N–H and O–H groups in total. The molecule has 148 valence electrons. The van der Waals surface area contributed by atoms with Crippen molar-refractivity contribution in [3.8, 4) is 0 Å². The molecule has 0 spiro atoms. The number of nitrogens with zero attached hydrogens (tertiary/aromatic N) is 4. The second kappa shape index (κ2) is 7.49. The van der Waals surface area contributed by atoms with Crippen LogP contribution >= 0.6 is 0 Å². The van der Waals surface area contributed by atoms with Crippen molar-refractivity contribution in [1.82, 2.24) is 19.5 Å². The smallest absolute Gasteiger partial charge is 0.238 e. The van der Waals surface area contributed by atoms with Crippen molar-refractivity contribution in [1.29, 1.82) is 0 Å². The second-order valence-electron chi connectivity index (χ2n) is 6.46. The number of aryl methyl sites for hydroxylation is 1. The first-order chi connectivity index (χ1) is 13.9. The number of hydrogen-bond acceptors (Lipinski definition) is 7. The monoisotopic (exact) mass is 409 g/mol. The van der Waals surface area contributed by atoms with Gasteiger partial charge in [0.1, 0.15) is 0 Å². The number of aromatic nitrogens is 4. The zero-order chi connectivity index (χ0) is 20.4. The lowest BCUT2D eigenvalue weighted by Crippen LogP contribution is -2.12. The van der Waals surface area contributed by atoms with Crippen LogP contribution in [0.3, 0.4) is 0 Å². The van der Waals surface area contributed by atoms with Crippen molar-refractivity contribution in [3.05, 3.63) is 66.5 Å². The number of primary sulfonamides is 1. The summed E-state index contributed by atoms with van der Waals surface area (Å²) in [6.45, 7) is 0.589. The Labute approximate surface area is 167 Å². The number of nitrogens with two attached hydrogens (primary N) is 1. The van der Waals surface area contributed by atoms with Crippen LogP contribution in [0.2, 0.25) is 0 Å². The quantitative estimate of drug-likeness (QED) is 0.446. The van der Waals surface area contributed by atoms with Gasteiger partial charge < -0.3 is 15.2 Å². The predicted molar refractivity (Wildman–Crippen MR) is 111 cm³/mol. The number of rotatable bonds is 6. The van der Waals surface area contributed by atoms with Crippen molar-refractivity contribution in [2.75, 3.05) is 10.6 Å². The van der Waals surface area contributed by atoms with Crippen LogP contribution < -0.4 is 15.8 Å². The van der Waals surface area contributed by atoms with Crippen LogP contribution in [0.25, 0.3) is 11.2 Å². The fraction of sp³-hybridized carbons (Fsp3) is 0.105. The lowest BCUT2D eigenvalue weighted by Gasteiger charge is -2.10. The van der Waals surface area contributed by atoms with Crippen LogP contribution in [-0.4, -0.2) is 27.9 Å². The van der Waals surface area contributed by atoms with E-state index in [9.17, 15) is 8.42 Å². The normalized spacial score (nSPS) is 11.5. The number of fused-ring (bicyclic) bond motifs is 1. The number of nitrogens with one attached hydrogen (secondary N) is 2. The number of benzene rings is 2. The summed E-state index contributed by atoms with van der Waals surface area (Å²) in [7, 11) is -1.89. The Kier molecular flexibility index (Phi) is 4.87. The maximum atomic E-state index is 11.4. The largest absolute Gasteiger partial charge is 0.364 e. The standard InChI is InChI=1S/C19H19N7O2S/c1-26-12-22-16-17(21-11-13-5-3-2-4-6-13)24-19(25-18(16)26)23-14-7-9-15(10-8-14)29(20,27)28/h2-10,12H,11H2,1H3,(H2,20,27,28)(H2,21,23,24,25). The molecule has 0 aliphatic rings. The zero-order valence-electron chi connectivity index (χ0n) is 15.6. The van der Waals surface area contributed by atoms with Gasteiger partial charge in [-0.15, -0.1) is 0 Å². The summed E-state index contributed by atoms with van der Waals surface area (Å²) < 4.78 is 24.6. The highest BCUT2D eigenvalue weighted by Gasteiger charge is 2.13. The molecule has 0 radical (unpaired) electrons. The Morgan fingerprint density at radius 2 is 1.76 bits per heavy atom. The SMILES string of the molecule is Cn1cnc2c(NCc3ccccc3)nc(Nc3ccc(S(N)(=O)=O)cc3)nc21. The molecule has 0 saturated heterocycles.